The molecule has 0 saturated heterocycles. The summed E-state index contributed by atoms with van der Waals surface area (Å²) in [5.41, 5.74) is 5.98. The topological polar surface area (TPSA) is 119 Å². The molecule has 5 heterocycles. The van der Waals surface area contributed by atoms with E-state index in [-0.39, 0.29) is 5.75 Å². The number of halogens is 1. The first kappa shape index (κ1) is 17.3. The van der Waals surface area contributed by atoms with Crippen molar-refractivity contribution in [3.05, 3.63) is 67.1 Å². The highest BCUT2D eigenvalue weighted by Gasteiger charge is 2.16. The lowest BCUT2D eigenvalue weighted by Gasteiger charge is -2.04. The smallest absolute Gasteiger partial charge is 0.155 e. The Labute approximate surface area is 173 Å². The number of pyridine rings is 2. The van der Waals surface area contributed by atoms with Crippen LogP contribution in [0.25, 0.3) is 55.6 Å². The summed E-state index contributed by atoms with van der Waals surface area (Å²) >= 11 is 0. The van der Waals surface area contributed by atoms with Gasteiger partial charge in [-0.3, -0.25) is 15.2 Å². The molecular formula is C22H14FN7O. The molecule has 0 aliphatic carbocycles. The van der Waals surface area contributed by atoms with Crippen molar-refractivity contribution in [1.82, 2.24) is 35.3 Å². The number of aromatic nitrogens is 7. The summed E-state index contributed by atoms with van der Waals surface area (Å²) in [6.45, 7) is 0. The Morgan fingerprint density at radius 1 is 0.871 bits per heavy atom. The Bertz CT molecular complexity index is 1550. The molecule has 9 heteroatoms. The lowest BCUT2D eigenvalue weighted by atomic mass is 10.0. The molecule has 0 spiro atoms. The zero-order valence-corrected chi connectivity index (χ0v) is 15.9. The number of H-pyrrole nitrogens is 3. The number of fused-ring (bicyclic) bond motifs is 2. The molecule has 6 aromatic rings. The first-order valence-electron chi connectivity index (χ1n) is 9.46. The summed E-state index contributed by atoms with van der Waals surface area (Å²) in [7, 11) is 0. The zero-order chi connectivity index (χ0) is 20.9. The van der Waals surface area contributed by atoms with E-state index in [1.807, 2.05) is 12.1 Å². The normalized spacial score (nSPS) is 11.5. The zero-order valence-electron chi connectivity index (χ0n) is 15.9. The van der Waals surface area contributed by atoms with Gasteiger partial charge in [-0.05, 0) is 29.8 Å². The van der Waals surface area contributed by atoms with Crippen LogP contribution in [0.1, 0.15) is 0 Å². The van der Waals surface area contributed by atoms with Crippen LogP contribution in [-0.2, 0) is 0 Å². The summed E-state index contributed by atoms with van der Waals surface area (Å²) in [6, 6.07) is 7.89. The fraction of sp³-hybridized carbons (Fsp3) is 0. The molecule has 5 aromatic heterocycles. The third-order valence-corrected chi connectivity index (χ3v) is 5.24. The Kier molecular flexibility index (Phi) is 3.63. The van der Waals surface area contributed by atoms with Gasteiger partial charge in [0.15, 0.2) is 5.65 Å². The highest BCUT2D eigenvalue weighted by atomic mass is 19.1. The molecule has 0 aliphatic rings. The standard InChI is InChI=1S/C22H14FN7O/c23-14-1-11(2-15(31)4-14)18-9-24-10-20-16(18)5-19(28-20)21-17-3-12(13-7-26-27-8-13)6-25-22(17)30-29-21/h1-10,28,31H,(H,26,27)(H,25,29,30). The van der Waals surface area contributed by atoms with Crippen molar-refractivity contribution in [3.8, 4) is 39.4 Å². The second kappa shape index (κ2) is 6.49. The van der Waals surface area contributed by atoms with Crippen LogP contribution in [0.3, 0.4) is 0 Å². The SMILES string of the molecule is Oc1cc(F)cc(-c2cncc3[nH]c(-c4n[nH]c5ncc(-c6cn[nH]c6)cc45)cc23)c1. The number of hydrogen-bond acceptors (Lipinski definition) is 5. The monoisotopic (exact) mass is 411 g/mol. The van der Waals surface area contributed by atoms with Gasteiger partial charge >= 0.3 is 0 Å². The van der Waals surface area contributed by atoms with Gasteiger partial charge in [0.2, 0.25) is 0 Å². The van der Waals surface area contributed by atoms with Gasteiger partial charge in [-0.25, -0.2) is 9.37 Å². The Hall–Kier alpha value is -4.53. The molecule has 0 amide bonds. The first-order valence-corrected chi connectivity index (χ1v) is 9.46. The molecule has 8 nitrogen and oxygen atoms in total. The van der Waals surface area contributed by atoms with Crippen molar-refractivity contribution in [2.45, 2.75) is 0 Å². The molecule has 0 fully saturated rings. The van der Waals surface area contributed by atoms with E-state index in [0.29, 0.717) is 22.5 Å². The minimum absolute atomic E-state index is 0.140. The molecule has 0 atom stereocenters. The number of nitrogens with one attached hydrogen (secondary N) is 3. The number of phenols is 1. The molecule has 0 unspecified atom stereocenters. The van der Waals surface area contributed by atoms with E-state index in [9.17, 15) is 9.50 Å². The molecule has 4 N–H and O–H groups in total. The maximum absolute atomic E-state index is 13.9. The van der Waals surface area contributed by atoms with E-state index in [0.717, 1.165) is 39.2 Å². The fourth-order valence-corrected chi connectivity index (χ4v) is 3.81. The van der Waals surface area contributed by atoms with Crippen LogP contribution in [0, 0.1) is 5.82 Å². The Morgan fingerprint density at radius 3 is 2.65 bits per heavy atom. The lowest BCUT2D eigenvalue weighted by Crippen LogP contribution is -1.84. The second-order valence-corrected chi connectivity index (χ2v) is 7.21. The predicted molar refractivity (Wildman–Crippen MR) is 114 cm³/mol. The number of nitrogens with zero attached hydrogens (tertiary/aromatic N) is 4. The molecule has 0 saturated carbocycles. The van der Waals surface area contributed by atoms with Crippen molar-refractivity contribution >= 4 is 21.9 Å². The fourth-order valence-electron chi connectivity index (χ4n) is 3.81. The molecular weight excluding hydrogens is 397 g/mol. The number of hydrogen-bond donors (Lipinski definition) is 4. The summed E-state index contributed by atoms with van der Waals surface area (Å²) in [5.74, 6) is -0.655. The maximum Gasteiger partial charge on any atom is 0.155 e. The quantitative estimate of drug-likeness (QED) is 0.344. The van der Waals surface area contributed by atoms with Crippen molar-refractivity contribution in [2.75, 3.05) is 0 Å². The molecule has 1 aromatic carbocycles. The third kappa shape index (κ3) is 2.83. The number of aromatic amines is 3. The average Bonchev–Trinajstić information content (AvgIpc) is 3.50. The summed E-state index contributed by atoms with van der Waals surface area (Å²) < 4.78 is 13.9. The molecule has 0 aliphatic heterocycles. The Morgan fingerprint density at radius 2 is 1.81 bits per heavy atom. The van der Waals surface area contributed by atoms with Crippen LogP contribution in [0.5, 0.6) is 5.75 Å². The van der Waals surface area contributed by atoms with Crippen LogP contribution in [-0.4, -0.2) is 40.5 Å². The van der Waals surface area contributed by atoms with Gasteiger partial charge in [0.25, 0.3) is 0 Å². The molecule has 0 bridgehead atoms. The molecule has 150 valence electrons. The largest absolute Gasteiger partial charge is 0.508 e. The van der Waals surface area contributed by atoms with Gasteiger partial charge < -0.3 is 10.1 Å². The van der Waals surface area contributed by atoms with Gasteiger partial charge in [0.05, 0.1) is 23.6 Å². The van der Waals surface area contributed by atoms with Gasteiger partial charge in [0, 0.05) is 52.1 Å². The van der Waals surface area contributed by atoms with Crippen LogP contribution >= 0.6 is 0 Å². The van der Waals surface area contributed by atoms with Crippen molar-refractivity contribution < 1.29 is 9.50 Å². The van der Waals surface area contributed by atoms with E-state index < -0.39 is 5.82 Å². The number of benzene rings is 1. The van der Waals surface area contributed by atoms with Crippen molar-refractivity contribution in [3.63, 3.8) is 0 Å². The summed E-state index contributed by atoms with van der Waals surface area (Å²) in [5, 5.41) is 25.7. The summed E-state index contributed by atoms with van der Waals surface area (Å²) in [6.07, 6.45) is 8.65. The van der Waals surface area contributed by atoms with Crippen molar-refractivity contribution in [1.29, 1.82) is 0 Å². The number of aromatic hydroxyl groups is 1. The van der Waals surface area contributed by atoms with Crippen molar-refractivity contribution in [2.24, 2.45) is 0 Å². The number of phenolic OH excluding ortho intramolecular Hbond substituents is 1. The van der Waals surface area contributed by atoms with E-state index in [2.05, 4.69) is 35.3 Å². The van der Waals surface area contributed by atoms with Gasteiger partial charge in [-0.15, -0.1) is 0 Å². The van der Waals surface area contributed by atoms with Crippen LogP contribution < -0.4 is 0 Å². The minimum Gasteiger partial charge on any atom is -0.508 e. The molecule has 6 rings (SSSR count). The van der Waals surface area contributed by atoms with Gasteiger partial charge in [-0.1, -0.05) is 0 Å². The molecule has 31 heavy (non-hydrogen) atoms. The number of rotatable bonds is 3. The second-order valence-electron chi connectivity index (χ2n) is 7.21. The average molecular weight is 411 g/mol. The highest BCUT2D eigenvalue weighted by molar-refractivity contribution is 6.00. The predicted octanol–water partition coefficient (Wildman–Crippen LogP) is 4.40. The Balaban J connectivity index is 1.53. The minimum atomic E-state index is -0.515. The highest BCUT2D eigenvalue weighted by Crippen LogP contribution is 2.35. The van der Waals surface area contributed by atoms with E-state index in [1.165, 1.54) is 12.1 Å². The summed E-state index contributed by atoms with van der Waals surface area (Å²) in [4.78, 5) is 12.1. The van der Waals surface area contributed by atoms with E-state index >= 15 is 0 Å². The van der Waals surface area contributed by atoms with Crippen LogP contribution in [0.15, 0.2) is 61.3 Å². The third-order valence-electron chi connectivity index (χ3n) is 5.24. The van der Waals surface area contributed by atoms with Gasteiger partial charge in [-0.2, -0.15) is 10.2 Å². The lowest BCUT2D eigenvalue weighted by molar-refractivity contribution is 0.469. The van der Waals surface area contributed by atoms with Gasteiger partial charge in [0.1, 0.15) is 17.3 Å². The van der Waals surface area contributed by atoms with Crippen LogP contribution in [0.4, 0.5) is 4.39 Å². The molecule has 0 radical (unpaired) electrons. The maximum atomic E-state index is 13.9. The van der Waals surface area contributed by atoms with E-state index in [4.69, 9.17) is 0 Å². The first-order chi connectivity index (χ1) is 15.2. The van der Waals surface area contributed by atoms with Crippen LogP contribution in [0.2, 0.25) is 0 Å². The van der Waals surface area contributed by atoms with E-state index in [1.54, 1.807) is 31.0 Å².